The number of thioether (sulfide) groups is 1. The van der Waals surface area contributed by atoms with Crippen molar-refractivity contribution in [3.8, 4) is 0 Å². The molecule has 16 heavy (non-hydrogen) atoms. The first-order chi connectivity index (χ1) is 7.92. The van der Waals surface area contributed by atoms with E-state index in [1.54, 1.807) is 0 Å². The summed E-state index contributed by atoms with van der Waals surface area (Å²) in [6.07, 6.45) is 6.52. The Kier molecular flexibility index (Phi) is 4.10. The van der Waals surface area contributed by atoms with Gasteiger partial charge in [0.05, 0.1) is 11.7 Å². The van der Waals surface area contributed by atoms with E-state index in [2.05, 4.69) is 27.8 Å². The van der Waals surface area contributed by atoms with E-state index in [0.717, 1.165) is 12.1 Å². The summed E-state index contributed by atoms with van der Waals surface area (Å²) in [7, 11) is 0. The monoisotopic (exact) mass is 235 g/mol. The SMILES string of the molecule is CSCCCCNc1cccc2[nH]ncc12. The summed E-state index contributed by atoms with van der Waals surface area (Å²) in [5.74, 6) is 1.25. The fraction of sp³-hybridized carbons (Fsp3) is 0.417. The van der Waals surface area contributed by atoms with E-state index in [1.165, 1.54) is 29.7 Å². The highest BCUT2D eigenvalue weighted by Gasteiger charge is 2.00. The molecule has 2 N–H and O–H groups in total. The lowest BCUT2D eigenvalue weighted by Crippen LogP contribution is -2.01. The average Bonchev–Trinajstić information content (AvgIpc) is 2.77. The van der Waals surface area contributed by atoms with Crippen molar-refractivity contribution in [3.05, 3.63) is 24.4 Å². The van der Waals surface area contributed by atoms with Crippen LogP contribution in [0.4, 0.5) is 5.69 Å². The summed E-state index contributed by atoms with van der Waals surface area (Å²) in [5.41, 5.74) is 2.27. The molecule has 0 fully saturated rings. The Morgan fingerprint density at radius 2 is 2.31 bits per heavy atom. The van der Waals surface area contributed by atoms with Crippen molar-refractivity contribution in [1.29, 1.82) is 0 Å². The molecule has 0 saturated heterocycles. The maximum atomic E-state index is 4.05. The van der Waals surface area contributed by atoms with Crippen LogP contribution >= 0.6 is 11.8 Å². The van der Waals surface area contributed by atoms with Gasteiger partial charge < -0.3 is 5.32 Å². The number of rotatable bonds is 6. The minimum atomic E-state index is 1.03. The van der Waals surface area contributed by atoms with E-state index in [-0.39, 0.29) is 0 Å². The number of nitrogens with zero attached hydrogens (tertiary/aromatic N) is 1. The third-order valence-corrected chi connectivity index (χ3v) is 3.27. The van der Waals surface area contributed by atoms with Crippen LogP contribution in [0.1, 0.15) is 12.8 Å². The van der Waals surface area contributed by atoms with Gasteiger partial charge in [0.2, 0.25) is 0 Å². The predicted molar refractivity (Wildman–Crippen MR) is 72.2 cm³/mol. The molecule has 0 aliphatic carbocycles. The Balaban J connectivity index is 1.91. The van der Waals surface area contributed by atoms with Crippen LogP contribution < -0.4 is 5.32 Å². The maximum Gasteiger partial charge on any atom is 0.0671 e. The Labute approximate surface area is 100 Å². The second kappa shape index (κ2) is 5.80. The predicted octanol–water partition coefficient (Wildman–Crippen LogP) is 3.12. The van der Waals surface area contributed by atoms with E-state index < -0.39 is 0 Å². The zero-order valence-corrected chi connectivity index (χ0v) is 10.3. The van der Waals surface area contributed by atoms with Gasteiger partial charge in [-0.15, -0.1) is 0 Å². The summed E-state index contributed by atoms with van der Waals surface area (Å²) in [6, 6.07) is 6.19. The topological polar surface area (TPSA) is 40.7 Å². The molecule has 1 heterocycles. The van der Waals surface area contributed by atoms with Crippen LogP contribution in [0.15, 0.2) is 24.4 Å². The third-order valence-electron chi connectivity index (χ3n) is 2.58. The molecular formula is C12H17N3S. The van der Waals surface area contributed by atoms with Crippen LogP contribution in [-0.4, -0.2) is 28.8 Å². The molecule has 0 saturated carbocycles. The minimum absolute atomic E-state index is 1.03. The molecular weight excluding hydrogens is 218 g/mol. The third kappa shape index (κ3) is 2.70. The standard InChI is InChI=1S/C12H17N3S/c1-16-8-3-2-7-13-11-5-4-6-12-10(11)9-14-15-12/h4-6,9,13H,2-3,7-8H2,1H3,(H,14,15). The molecule has 1 aromatic carbocycles. The molecule has 2 aromatic rings. The number of anilines is 1. The number of nitrogens with one attached hydrogen (secondary N) is 2. The van der Waals surface area contributed by atoms with Gasteiger partial charge in [-0.05, 0) is 37.0 Å². The Morgan fingerprint density at radius 3 is 3.19 bits per heavy atom. The largest absolute Gasteiger partial charge is 0.384 e. The summed E-state index contributed by atoms with van der Waals surface area (Å²) in [6.45, 7) is 1.03. The molecule has 4 heteroatoms. The number of benzene rings is 1. The van der Waals surface area contributed by atoms with E-state index in [1.807, 2.05) is 30.1 Å². The summed E-state index contributed by atoms with van der Waals surface area (Å²) >= 11 is 1.91. The zero-order chi connectivity index (χ0) is 11.2. The lowest BCUT2D eigenvalue weighted by Gasteiger charge is -2.06. The molecule has 0 aliphatic heterocycles. The van der Waals surface area contributed by atoms with Crippen LogP contribution in [0.3, 0.4) is 0 Å². The van der Waals surface area contributed by atoms with E-state index >= 15 is 0 Å². The molecule has 2 rings (SSSR count). The lowest BCUT2D eigenvalue weighted by molar-refractivity contribution is 0.844. The zero-order valence-electron chi connectivity index (χ0n) is 9.49. The molecule has 3 nitrogen and oxygen atoms in total. The molecule has 0 unspecified atom stereocenters. The molecule has 86 valence electrons. The maximum absolute atomic E-state index is 4.05. The highest BCUT2D eigenvalue weighted by molar-refractivity contribution is 7.98. The average molecular weight is 235 g/mol. The second-order valence-electron chi connectivity index (χ2n) is 3.76. The molecule has 0 bridgehead atoms. The molecule has 0 radical (unpaired) electrons. The quantitative estimate of drug-likeness (QED) is 0.756. The van der Waals surface area contributed by atoms with Crippen molar-refractivity contribution in [2.24, 2.45) is 0 Å². The Morgan fingerprint density at radius 1 is 1.38 bits per heavy atom. The first-order valence-corrected chi connectivity index (χ1v) is 6.96. The van der Waals surface area contributed by atoms with E-state index in [0.29, 0.717) is 0 Å². The van der Waals surface area contributed by atoms with Gasteiger partial charge in [0, 0.05) is 17.6 Å². The summed E-state index contributed by atoms with van der Waals surface area (Å²) < 4.78 is 0. The van der Waals surface area contributed by atoms with Gasteiger partial charge >= 0.3 is 0 Å². The fourth-order valence-corrected chi connectivity index (χ4v) is 2.21. The normalized spacial score (nSPS) is 10.8. The minimum Gasteiger partial charge on any atom is -0.384 e. The van der Waals surface area contributed by atoms with Crippen molar-refractivity contribution >= 4 is 28.4 Å². The molecule has 0 amide bonds. The molecule has 0 atom stereocenters. The van der Waals surface area contributed by atoms with Crippen LogP contribution in [0.2, 0.25) is 0 Å². The molecule has 1 aromatic heterocycles. The fourth-order valence-electron chi connectivity index (χ4n) is 1.72. The van der Waals surface area contributed by atoms with Crippen molar-refractivity contribution in [2.75, 3.05) is 23.9 Å². The highest BCUT2D eigenvalue weighted by Crippen LogP contribution is 2.20. The van der Waals surface area contributed by atoms with Crippen molar-refractivity contribution in [3.63, 3.8) is 0 Å². The van der Waals surface area contributed by atoms with Crippen molar-refractivity contribution in [2.45, 2.75) is 12.8 Å². The summed E-state index contributed by atoms with van der Waals surface area (Å²) in [4.78, 5) is 0. The summed E-state index contributed by atoms with van der Waals surface area (Å²) in [5, 5.41) is 11.7. The first kappa shape index (κ1) is 11.3. The van der Waals surface area contributed by atoms with Crippen LogP contribution in [0.5, 0.6) is 0 Å². The lowest BCUT2D eigenvalue weighted by atomic mass is 10.2. The number of hydrogen-bond donors (Lipinski definition) is 2. The van der Waals surface area contributed by atoms with Gasteiger partial charge in [0.1, 0.15) is 0 Å². The number of aromatic amines is 1. The molecule has 0 spiro atoms. The van der Waals surface area contributed by atoms with Crippen LogP contribution in [0.25, 0.3) is 10.9 Å². The number of unbranched alkanes of at least 4 members (excludes halogenated alkanes) is 1. The number of H-pyrrole nitrogens is 1. The van der Waals surface area contributed by atoms with E-state index in [9.17, 15) is 0 Å². The van der Waals surface area contributed by atoms with Gasteiger partial charge in [-0.25, -0.2) is 0 Å². The number of aromatic nitrogens is 2. The van der Waals surface area contributed by atoms with Gasteiger partial charge in [-0.3, -0.25) is 5.10 Å². The Hall–Kier alpha value is -1.16. The van der Waals surface area contributed by atoms with Gasteiger partial charge in [0.15, 0.2) is 0 Å². The Bertz CT molecular complexity index is 439. The first-order valence-electron chi connectivity index (χ1n) is 5.56. The van der Waals surface area contributed by atoms with Crippen molar-refractivity contribution in [1.82, 2.24) is 10.2 Å². The molecule has 0 aliphatic rings. The van der Waals surface area contributed by atoms with Gasteiger partial charge in [-0.2, -0.15) is 16.9 Å². The number of hydrogen-bond acceptors (Lipinski definition) is 3. The van der Waals surface area contributed by atoms with Crippen LogP contribution in [-0.2, 0) is 0 Å². The van der Waals surface area contributed by atoms with Crippen LogP contribution in [0, 0.1) is 0 Å². The highest BCUT2D eigenvalue weighted by atomic mass is 32.2. The van der Waals surface area contributed by atoms with E-state index in [4.69, 9.17) is 0 Å². The van der Waals surface area contributed by atoms with Crippen molar-refractivity contribution < 1.29 is 0 Å². The number of fused-ring (bicyclic) bond motifs is 1. The smallest absolute Gasteiger partial charge is 0.0671 e. The van der Waals surface area contributed by atoms with Gasteiger partial charge in [0.25, 0.3) is 0 Å². The van der Waals surface area contributed by atoms with Gasteiger partial charge in [-0.1, -0.05) is 6.07 Å². The second-order valence-corrected chi connectivity index (χ2v) is 4.75.